The van der Waals surface area contributed by atoms with Crippen molar-refractivity contribution in [1.82, 2.24) is 5.32 Å². The van der Waals surface area contributed by atoms with Gasteiger partial charge in [-0.15, -0.1) is 0 Å². The van der Waals surface area contributed by atoms with Gasteiger partial charge in [-0.2, -0.15) is 5.26 Å². The first kappa shape index (κ1) is 20.7. The molecule has 0 bridgehead atoms. The molecule has 1 amide bonds. The van der Waals surface area contributed by atoms with E-state index in [4.69, 9.17) is 19.5 Å². The van der Waals surface area contributed by atoms with Gasteiger partial charge in [-0.05, 0) is 35.4 Å². The Morgan fingerprint density at radius 2 is 1.67 bits per heavy atom. The summed E-state index contributed by atoms with van der Waals surface area (Å²) in [7, 11) is 1.48. The Morgan fingerprint density at radius 1 is 0.933 bits per heavy atom. The van der Waals surface area contributed by atoms with Crippen LogP contribution in [0.2, 0.25) is 0 Å². The van der Waals surface area contributed by atoms with E-state index in [0.717, 1.165) is 16.9 Å². The molecule has 152 valence electrons. The van der Waals surface area contributed by atoms with Gasteiger partial charge in [0.1, 0.15) is 12.4 Å². The zero-order valence-electron chi connectivity index (χ0n) is 16.6. The number of nitrogens with one attached hydrogen (secondary N) is 1. The summed E-state index contributed by atoms with van der Waals surface area (Å²) in [4.78, 5) is 12.1. The standard InChI is InChI=1S/C24H22N2O4/c1-28-23-13-20(14-25)11-12-22(23)30-17-24(27)26-15-18-7-9-19(10-8-18)16-29-21-5-3-2-4-6-21/h2-13H,15-17H2,1H3,(H,26,27). The zero-order chi connectivity index (χ0) is 21.2. The number of para-hydroxylation sites is 1. The van der Waals surface area contributed by atoms with Gasteiger partial charge >= 0.3 is 0 Å². The highest BCUT2D eigenvalue weighted by Crippen LogP contribution is 2.27. The van der Waals surface area contributed by atoms with Crippen LogP contribution in [0.25, 0.3) is 0 Å². The number of carbonyl (C=O) groups excluding carboxylic acids is 1. The van der Waals surface area contributed by atoms with E-state index < -0.39 is 0 Å². The van der Waals surface area contributed by atoms with Crippen LogP contribution in [0.4, 0.5) is 0 Å². The molecule has 0 aliphatic rings. The Hall–Kier alpha value is -3.98. The van der Waals surface area contributed by atoms with Crippen molar-refractivity contribution >= 4 is 5.91 Å². The molecule has 0 fully saturated rings. The Bertz CT molecular complexity index is 1010. The number of hydrogen-bond acceptors (Lipinski definition) is 5. The minimum atomic E-state index is -0.252. The van der Waals surface area contributed by atoms with Crippen molar-refractivity contribution in [2.24, 2.45) is 0 Å². The zero-order valence-corrected chi connectivity index (χ0v) is 16.6. The first-order valence-corrected chi connectivity index (χ1v) is 9.41. The molecular weight excluding hydrogens is 380 g/mol. The monoisotopic (exact) mass is 402 g/mol. The number of amides is 1. The minimum Gasteiger partial charge on any atom is -0.493 e. The van der Waals surface area contributed by atoms with Crippen LogP contribution in [0.1, 0.15) is 16.7 Å². The first-order valence-electron chi connectivity index (χ1n) is 9.41. The molecule has 6 nitrogen and oxygen atoms in total. The summed E-state index contributed by atoms with van der Waals surface area (Å²) < 4.78 is 16.4. The van der Waals surface area contributed by atoms with Crippen molar-refractivity contribution < 1.29 is 19.0 Å². The van der Waals surface area contributed by atoms with Crippen LogP contribution in [-0.4, -0.2) is 19.6 Å². The second-order valence-corrected chi connectivity index (χ2v) is 6.46. The molecule has 0 heterocycles. The third-order valence-electron chi connectivity index (χ3n) is 4.31. The van der Waals surface area contributed by atoms with Gasteiger partial charge in [0.05, 0.1) is 18.7 Å². The van der Waals surface area contributed by atoms with E-state index in [-0.39, 0.29) is 12.5 Å². The van der Waals surface area contributed by atoms with Crippen LogP contribution < -0.4 is 19.5 Å². The second kappa shape index (κ2) is 10.5. The molecule has 3 rings (SSSR count). The Balaban J connectivity index is 1.44. The fraction of sp³-hybridized carbons (Fsp3) is 0.167. The first-order chi connectivity index (χ1) is 14.7. The molecule has 0 unspecified atom stereocenters. The van der Waals surface area contributed by atoms with Gasteiger partial charge in [0.25, 0.3) is 5.91 Å². The van der Waals surface area contributed by atoms with Crippen molar-refractivity contribution in [2.45, 2.75) is 13.2 Å². The summed E-state index contributed by atoms with van der Waals surface area (Å²) in [5.41, 5.74) is 2.48. The summed E-state index contributed by atoms with van der Waals surface area (Å²) in [5.74, 6) is 1.40. The van der Waals surface area contributed by atoms with Gasteiger partial charge in [0.2, 0.25) is 0 Å². The molecule has 0 aliphatic heterocycles. The summed E-state index contributed by atoms with van der Waals surface area (Å²) in [6, 6.07) is 24.3. The number of nitrogens with zero attached hydrogens (tertiary/aromatic N) is 1. The Labute approximate surface area is 175 Å². The lowest BCUT2D eigenvalue weighted by molar-refractivity contribution is -0.123. The third kappa shape index (κ3) is 6.01. The maximum Gasteiger partial charge on any atom is 0.258 e. The van der Waals surface area contributed by atoms with Crippen molar-refractivity contribution in [3.8, 4) is 23.3 Å². The summed E-state index contributed by atoms with van der Waals surface area (Å²) in [6.07, 6.45) is 0. The van der Waals surface area contributed by atoms with Gasteiger partial charge in [0.15, 0.2) is 18.1 Å². The van der Waals surface area contributed by atoms with Crippen LogP contribution in [-0.2, 0) is 17.9 Å². The van der Waals surface area contributed by atoms with Crippen molar-refractivity contribution in [2.75, 3.05) is 13.7 Å². The fourth-order valence-corrected chi connectivity index (χ4v) is 2.69. The number of methoxy groups -OCH3 is 1. The molecule has 1 N–H and O–H groups in total. The van der Waals surface area contributed by atoms with Gasteiger partial charge in [0, 0.05) is 12.6 Å². The van der Waals surface area contributed by atoms with Gasteiger partial charge < -0.3 is 19.5 Å². The highest BCUT2D eigenvalue weighted by atomic mass is 16.5. The number of hydrogen-bond donors (Lipinski definition) is 1. The third-order valence-corrected chi connectivity index (χ3v) is 4.31. The quantitative estimate of drug-likeness (QED) is 0.588. The number of nitriles is 1. The molecule has 6 heteroatoms. The van der Waals surface area contributed by atoms with E-state index >= 15 is 0 Å². The largest absolute Gasteiger partial charge is 0.493 e. The summed E-state index contributed by atoms with van der Waals surface area (Å²) >= 11 is 0. The fourth-order valence-electron chi connectivity index (χ4n) is 2.69. The number of ether oxygens (including phenoxy) is 3. The summed E-state index contributed by atoms with van der Waals surface area (Å²) in [5, 5.41) is 11.7. The minimum absolute atomic E-state index is 0.148. The molecule has 0 spiro atoms. The Morgan fingerprint density at radius 3 is 2.37 bits per heavy atom. The maximum atomic E-state index is 12.1. The van der Waals surface area contributed by atoms with E-state index in [2.05, 4.69) is 5.32 Å². The molecule has 0 aromatic heterocycles. The molecule has 0 radical (unpaired) electrons. The maximum absolute atomic E-state index is 12.1. The van der Waals surface area contributed by atoms with Crippen LogP contribution in [0.15, 0.2) is 72.8 Å². The molecule has 0 saturated carbocycles. The molecule has 0 atom stereocenters. The number of benzene rings is 3. The van der Waals surface area contributed by atoms with Crippen molar-refractivity contribution in [3.05, 3.63) is 89.5 Å². The lowest BCUT2D eigenvalue weighted by Gasteiger charge is -2.11. The van der Waals surface area contributed by atoms with Crippen LogP contribution in [0, 0.1) is 11.3 Å². The molecule has 0 aliphatic carbocycles. The molecule has 3 aromatic rings. The van der Waals surface area contributed by atoms with Crippen molar-refractivity contribution in [3.63, 3.8) is 0 Å². The van der Waals surface area contributed by atoms with Gasteiger partial charge in [-0.1, -0.05) is 42.5 Å². The van der Waals surface area contributed by atoms with Gasteiger partial charge in [-0.3, -0.25) is 4.79 Å². The van der Waals surface area contributed by atoms with E-state index in [1.807, 2.05) is 60.7 Å². The van der Waals surface area contributed by atoms with E-state index in [1.165, 1.54) is 7.11 Å². The van der Waals surface area contributed by atoms with Crippen LogP contribution in [0.5, 0.6) is 17.2 Å². The molecule has 0 saturated heterocycles. The lowest BCUT2D eigenvalue weighted by Crippen LogP contribution is -2.28. The highest BCUT2D eigenvalue weighted by molar-refractivity contribution is 5.77. The van der Waals surface area contributed by atoms with E-state index in [0.29, 0.717) is 30.2 Å². The van der Waals surface area contributed by atoms with Crippen molar-refractivity contribution in [1.29, 1.82) is 5.26 Å². The SMILES string of the molecule is COc1cc(C#N)ccc1OCC(=O)NCc1ccc(COc2ccccc2)cc1. The lowest BCUT2D eigenvalue weighted by atomic mass is 10.1. The summed E-state index contributed by atoms with van der Waals surface area (Å²) in [6.45, 7) is 0.731. The smallest absolute Gasteiger partial charge is 0.258 e. The average Bonchev–Trinajstić information content (AvgIpc) is 2.81. The van der Waals surface area contributed by atoms with Crippen LogP contribution in [0.3, 0.4) is 0 Å². The van der Waals surface area contributed by atoms with E-state index in [9.17, 15) is 4.79 Å². The molecular formula is C24H22N2O4. The topological polar surface area (TPSA) is 80.6 Å². The predicted octanol–water partition coefficient (Wildman–Crippen LogP) is 3.84. The normalized spacial score (nSPS) is 10.0. The Kier molecular flexibility index (Phi) is 7.28. The van der Waals surface area contributed by atoms with Gasteiger partial charge in [-0.25, -0.2) is 0 Å². The highest BCUT2D eigenvalue weighted by Gasteiger charge is 2.09. The number of carbonyl (C=O) groups is 1. The predicted molar refractivity (Wildman–Crippen MR) is 112 cm³/mol. The number of rotatable bonds is 9. The second-order valence-electron chi connectivity index (χ2n) is 6.46. The average molecular weight is 402 g/mol. The van der Waals surface area contributed by atoms with Crippen LogP contribution >= 0.6 is 0 Å². The molecule has 30 heavy (non-hydrogen) atoms. The molecule has 3 aromatic carbocycles. The van der Waals surface area contributed by atoms with E-state index in [1.54, 1.807) is 18.2 Å².